The van der Waals surface area contributed by atoms with Crippen LogP contribution in [-0.4, -0.2) is 22.6 Å². The molecule has 2 atom stereocenters. The molecule has 0 aliphatic carbocycles. The van der Waals surface area contributed by atoms with Gasteiger partial charge >= 0.3 is 0 Å². The van der Waals surface area contributed by atoms with Crippen molar-refractivity contribution >= 4 is 11.6 Å². The highest BCUT2D eigenvalue weighted by Crippen LogP contribution is 2.23. The van der Waals surface area contributed by atoms with Crippen LogP contribution in [0, 0.1) is 12.8 Å². The van der Waals surface area contributed by atoms with Crippen molar-refractivity contribution in [2.75, 3.05) is 17.2 Å². The van der Waals surface area contributed by atoms with Crippen molar-refractivity contribution in [3.8, 4) is 0 Å². The average Bonchev–Trinajstić information content (AvgIpc) is 2.43. The van der Waals surface area contributed by atoms with E-state index in [0.29, 0.717) is 12.0 Å². The topological polar surface area (TPSA) is 49.8 Å². The van der Waals surface area contributed by atoms with Crippen LogP contribution in [0.1, 0.15) is 58.8 Å². The fourth-order valence-electron chi connectivity index (χ4n) is 2.09. The van der Waals surface area contributed by atoms with Crippen LogP contribution < -0.4 is 10.6 Å². The predicted octanol–water partition coefficient (Wildman–Crippen LogP) is 4.02. The van der Waals surface area contributed by atoms with E-state index in [4.69, 9.17) is 4.98 Å². The Morgan fingerprint density at radius 2 is 1.70 bits per heavy atom. The molecule has 1 aromatic rings. The van der Waals surface area contributed by atoms with Crippen LogP contribution in [0.3, 0.4) is 0 Å². The maximum absolute atomic E-state index is 4.70. The van der Waals surface area contributed by atoms with E-state index in [-0.39, 0.29) is 0 Å². The van der Waals surface area contributed by atoms with E-state index in [1.54, 1.807) is 0 Å². The first-order chi connectivity index (χ1) is 9.53. The third-order valence-corrected chi connectivity index (χ3v) is 3.87. The molecular formula is C16H30N4. The minimum absolute atomic E-state index is 0.414. The maximum atomic E-state index is 4.70. The molecule has 2 unspecified atom stereocenters. The predicted molar refractivity (Wildman–Crippen MR) is 87.5 cm³/mol. The Hall–Kier alpha value is -1.32. The molecule has 0 aromatic carbocycles. The van der Waals surface area contributed by atoms with E-state index >= 15 is 0 Å². The first kappa shape index (κ1) is 16.7. The number of hydrogen-bond donors (Lipinski definition) is 2. The van der Waals surface area contributed by atoms with Crippen molar-refractivity contribution in [2.24, 2.45) is 5.92 Å². The Morgan fingerprint density at radius 3 is 2.25 bits per heavy atom. The Morgan fingerprint density at radius 1 is 1.05 bits per heavy atom. The molecule has 0 aliphatic rings. The van der Waals surface area contributed by atoms with Crippen LogP contribution in [0.4, 0.5) is 11.6 Å². The van der Waals surface area contributed by atoms with Gasteiger partial charge in [0.15, 0.2) is 0 Å². The zero-order chi connectivity index (χ0) is 15.1. The molecule has 114 valence electrons. The van der Waals surface area contributed by atoms with Crippen molar-refractivity contribution < 1.29 is 0 Å². The third kappa shape index (κ3) is 4.36. The van der Waals surface area contributed by atoms with Gasteiger partial charge < -0.3 is 10.6 Å². The largest absolute Gasteiger partial charge is 0.370 e. The van der Waals surface area contributed by atoms with E-state index in [2.05, 4.69) is 57.2 Å². The molecule has 1 aromatic heterocycles. The molecule has 0 aliphatic heterocycles. The van der Waals surface area contributed by atoms with Crippen molar-refractivity contribution in [3.05, 3.63) is 11.4 Å². The molecule has 0 radical (unpaired) electrons. The summed E-state index contributed by atoms with van der Waals surface area (Å²) >= 11 is 0. The number of rotatable bonds is 8. The van der Waals surface area contributed by atoms with Gasteiger partial charge in [0.2, 0.25) is 0 Å². The lowest BCUT2D eigenvalue weighted by Crippen LogP contribution is -2.25. The second-order valence-corrected chi connectivity index (χ2v) is 5.56. The zero-order valence-electron chi connectivity index (χ0n) is 13.9. The van der Waals surface area contributed by atoms with Gasteiger partial charge in [-0.2, -0.15) is 0 Å². The molecule has 0 amide bonds. The summed E-state index contributed by atoms with van der Waals surface area (Å²) in [4.78, 5) is 9.32. The minimum Gasteiger partial charge on any atom is -0.370 e. The third-order valence-electron chi connectivity index (χ3n) is 3.87. The summed E-state index contributed by atoms with van der Waals surface area (Å²) in [6, 6.07) is 0.414. The summed E-state index contributed by atoms with van der Waals surface area (Å²) in [7, 11) is 0. The van der Waals surface area contributed by atoms with Gasteiger partial charge in [0.1, 0.15) is 17.5 Å². The highest BCUT2D eigenvalue weighted by Gasteiger charge is 2.15. The summed E-state index contributed by atoms with van der Waals surface area (Å²) < 4.78 is 0. The lowest BCUT2D eigenvalue weighted by atomic mass is 10.0. The van der Waals surface area contributed by atoms with Crippen molar-refractivity contribution in [1.29, 1.82) is 0 Å². The van der Waals surface area contributed by atoms with Gasteiger partial charge in [0.05, 0.1) is 0 Å². The monoisotopic (exact) mass is 278 g/mol. The molecule has 0 fully saturated rings. The number of aromatic nitrogens is 2. The lowest BCUT2D eigenvalue weighted by molar-refractivity contribution is 0.493. The molecule has 0 bridgehead atoms. The van der Waals surface area contributed by atoms with Crippen LogP contribution in [0.2, 0.25) is 0 Å². The first-order valence-electron chi connectivity index (χ1n) is 7.91. The van der Waals surface area contributed by atoms with Gasteiger partial charge in [-0.05, 0) is 33.1 Å². The van der Waals surface area contributed by atoms with Gasteiger partial charge in [-0.25, -0.2) is 9.97 Å². The zero-order valence-corrected chi connectivity index (χ0v) is 13.9. The summed E-state index contributed by atoms with van der Waals surface area (Å²) in [6.07, 6.45) is 3.15. The second-order valence-electron chi connectivity index (χ2n) is 5.56. The van der Waals surface area contributed by atoms with Gasteiger partial charge in [-0.1, -0.05) is 27.2 Å². The Bertz CT molecular complexity index is 417. The van der Waals surface area contributed by atoms with Crippen LogP contribution in [0.25, 0.3) is 0 Å². The molecule has 1 rings (SSSR count). The summed E-state index contributed by atoms with van der Waals surface area (Å²) in [5, 5.41) is 6.91. The SMILES string of the molecule is CCCc1nc(NCC)c(C)c(NC(C)C(C)CC)n1. The summed E-state index contributed by atoms with van der Waals surface area (Å²) in [6.45, 7) is 13.9. The minimum atomic E-state index is 0.414. The maximum Gasteiger partial charge on any atom is 0.134 e. The van der Waals surface area contributed by atoms with Crippen molar-refractivity contribution in [2.45, 2.75) is 66.8 Å². The average molecular weight is 278 g/mol. The van der Waals surface area contributed by atoms with Gasteiger partial charge in [0.25, 0.3) is 0 Å². The van der Waals surface area contributed by atoms with Gasteiger partial charge in [-0.3, -0.25) is 0 Å². The molecule has 0 spiro atoms. The highest BCUT2D eigenvalue weighted by atomic mass is 15.1. The molecular weight excluding hydrogens is 248 g/mol. The highest BCUT2D eigenvalue weighted by molar-refractivity contribution is 5.57. The smallest absolute Gasteiger partial charge is 0.134 e. The standard InChI is InChI=1S/C16H30N4/c1-7-10-14-19-15(17-9-3)12(5)16(20-14)18-13(6)11(4)8-2/h11,13H,7-10H2,1-6H3,(H2,17,18,19,20). The van der Waals surface area contributed by atoms with Crippen LogP contribution in [-0.2, 0) is 6.42 Å². The molecule has 0 saturated carbocycles. The first-order valence-corrected chi connectivity index (χ1v) is 7.91. The summed E-state index contributed by atoms with van der Waals surface area (Å²) in [5.74, 6) is 3.49. The van der Waals surface area contributed by atoms with Crippen LogP contribution >= 0.6 is 0 Å². The number of hydrogen-bond acceptors (Lipinski definition) is 4. The van der Waals surface area contributed by atoms with E-state index in [1.807, 2.05) is 0 Å². The van der Waals surface area contributed by atoms with E-state index in [9.17, 15) is 0 Å². The van der Waals surface area contributed by atoms with Crippen LogP contribution in [0.5, 0.6) is 0 Å². The fraction of sp³-hybridized carbons (Fsp3) is 0.750. The quantitative estimate of drug-likeness (QED) is 0.754. The number of aryl methyl sites for hydroxylation is 1. The summed E-state index contributed by atoms with van der Waals surface area (Å²) in [5.41, 5.74) is 1.11. The van der Waals surface area contributed by atoms with Gasteiger partial charge in [-0.15, -0.1) is 0 Å². The lowest BCUT2D eigenvalue weighted by Gasteiger charge is -2.22. The Balaban J connectivity index is 3.03. The normalized spacial score (nSPS) is 13.9. The van der Waals surface area contributed by atoms with E-state index in [1.165, 1.54) is 6.42 Å². The molecule has 2 N–H and O–H groups in total. The van der Waals surface area contributed by atoms with E-state index in [0.717, 1.165) is 42.4 Å². The van der Waals surface area contributed by atoms with Crippen molar-refractivity contribution in [1.82, 2.24) is 9.97 Å². The van der Waals surface area contributed by atoms with Crippen LogP contribution in [0.15, 0.2) is 0 Å². The molecule has 20 heavy (non-hydrogen) atoms. The fourth-order valence-corrected chi connectivity index (χ4v) is 2.09. The Kier molecular flexibility index (Phi) is 6.76. The molecule has 0 saturated heterocycles. The number of nitrogens with one attached hydrogen (secondary N) is 2. The number of anilines is 2. The Labute approximate surface area is 123 Å². The molecule has 1 heterocycles. The number of nitrogens with zero attached hydrogens (tertiary/aromatic N) is 2. The van der Waals surface area contributed by atoms with E-state index < -0.39 is 0 Å². The van der Waals surface area contributed by atoms with Gasteiger partial charge in [0, 0.05) is 24.6 Å². The molecule has 4 heteroatoms. The second kappa shape index (κ2) is 8.08. The van der Waals surface area contributed by atoms with Crippen molar-refractivity contribution in [3.63, 3.8) is 0 Å². The molecule has 4 nitrogen and oxygen atoms in total.